The van der Waals surface area contributed by atoms with E-state index in [1.54, 1.807) is 0 Å². The summed E-state index contributed by atoms with van der Waals surface area (Å²) in [5.74, 6) is 0.241. The molecule has 0 radical (unpaired) electrons. The molecule has 0 aromatic heterocycles. The first-order valence-electron chi connectivity index (χ1n) is 8.28. The van der Waals surface area contributed by atoms with Crippen LogP contribution in [0.5, 0.6) is 0 Å². The van der Waals surface area contributed by atoms with E-state index in [0.29, 0.717) is 0 Å². The van der Waals surface area contributed by atoms with Gasteiger partial charge in [0.25, 0.3) is 0 Å². The minimum atomic E-state index is 0.241. The first-order chi connectivity index (χ1) is 12.3. The number of halogens is 1. The number of benzene rings is 3. The number of hydrogen-bond acceptors (Lipinski definition) is 3. The van der Waals surface area contributed by atoms with Gasteiger partial charge in [0.2, 0.25) is 0 Å². The van der Waals surface area contributed by atoms with E-state index in [1.807, 2.05) is 30.3 Å². The van der Waals surface area contributed by atoms with Crippen LogP contribution in [-0.4, -0.2) is 12.3 Å². The Morgan fingerprint density at radius 2 is 1.52 bits per heavy atom. The highest BCUT2D eigenvalue weighted by Gasteiger charge is 2.24. The van der Waals surface area contributed by atoms with Crippen LogP contribution in [0.1, 0.15) is 17.0 Å². The van der Waals surface area contributed by atoms with Gasteiger partial charge in [-0.25, -0.2) is 0 Å². The van der Waals surface area contributed by atoms with Gasteiger partial charge in [-0.15, -0.1) is 0 Å². The molecule has 124 valence electrons. The average Bonchev–Trinajstić information content (AvgIpc) is 3.14. The fourth-order valence-electron chi connectivity index (χ4n) is 3.05. The van der Waals surface area contributed by atoms with Crippen LogP contribution in [0.3, 0.4) is 0 Å². The van der Waals surface area contributed by atoms with E-state index in [-0.39, 0.29) is 5.92 Å². The normalized spacial score (nSPS) is 16.2. The van der Waals surface area contributed by atoms with E-state index in [2.05, 4.69) is 64.4 Å². The van der Waals surface area contributed by atoms with Crippen molar-refractivity contribution in [2.75, 3.05) is 11.9 Å². The van der Waals surface area contributed by atoms with Crippen LogP contribution in [-0.2, 0) is 0 Å². The number of nitrogens with one attached hydrogen (secondary N) is 2. The molecule has 0 amide bonds. The molecule has 0 saturated carbocycles. The summed E-state index contributed by atoms with van der Waals surface area (Å²) in [6.07, 6.45) is 0. The molecule has 0 aliphatic carbocycles. The van der Waals surface area contributed by atoms with Gasteiger partial charge < -0.3 is 10.7 Å². The van der Waals surface area contributed by atoms with E-state index in [4.69, 9.17) is 11.6 Å². The van der Waals surface area contributed by atoms with Crippen molar-refractivity contribution in [1.82, 2.24) is 5.43 Å². The lowest BCUT2D eigenvalue weighted by Gasteiger charge is -2.13. The van der Waals surface area contributed by atoms with Crippen LogP contribution < -0.4 is 10.7 Å². The zero-order valence-corrected chi connectivity index (χ0v) is 14.4. The predicted octanol–water partition coefficient (Wildman–Crippen LogP) is 5.17. The van der Waals surface area contributed by atoms with Crippen molar-refractivity contribution in [3.8, 4) is 0 Å². The maximum atomic E-state index is 6.00. The minimum Gasteiger partial charge on any atom is -0.356 e. The molecule has 4 heteroatoms. The molecule has 1 unspecified atom stereocenters. The third-order valence-electron chi connectivity index (χ3n) is 4.34. The molecule has 3 nitrogen and oxygen atoms in total. The largest absolute Gasteiger partial charge is 0.356 e. The molecule has 1 aliphatic rings. The van der Waals surface area contributed by atoms with Crippen LogP contribution in [0.25, 0.3) is 0 Å². The van der Waals surface area contributed by atoms with Crippen LogP contribution in [0.15, 0.2) is 84.0 Å². The highest BCUT2D eigenvalue weighted by molar-refractivity contribution is 6.30. The summed E-state index contributed by atoms with van der Waals surface area (Å²) in [5, 5.41) is 8.67. The van der Waals surface area contributed by atoms with E-state index in [0.717, 1.165) is 34.2 Å². The van der Waals surface area contributed by atoms with Gasteiger partial charge in [0.15, 0.2) is 0 Å². The SMILES string of the molecule is Clc1ccc(C2CNN=C2c2ccc(Nc3ccccc3)cc2)cc1. The van der Waals surface area contributed by atoms with Crippen molar-refractivity contribution in [3.05, 3.63) is 95.0 Å². The molecule has 1 heterocycles. The Morgan fingerprint density at radius 3 is 2.24 bits per heavy atom. The number of anilines is 2. The average molecular weight is 348 g/mol. The number of hydrazone groups is 1. The van der Waals surface area contributed by atoms with Gasteiger partial charge >= 0.3 is 0 Å². The highest BCUT2D eigenvalue weighted by Crippen LogP contribution is 2.27. The predicted molar refractivity (Wildman–Crippen MR) is 105 cm³/mol. The molecule has 0 spiro atoms. The molecule has 0 fully saturated rings. The number of nitrogens with zero attached hydrogens (tertiary/aromatic N) is 1. The summed E-state index contributed by atoms with van der Waals surface area (Å²) < 4.78 is 0. The zero-order chi connectivity index (χ0) is 17.1. The van der Waals surface area contributed by atoms with E-state index in [1.165, 1.54) is 5.56 Å². The first-order valence-corrected chi connectivity index (χ1v) is 8.66. The van der Waals surface area contributed by atoms with Crippen molar-refractivity contribution in [3.63, 3.8) is 0 Å². The Balaban J connectivity index is 1.54. The van der Waals surface area contributed by atoms with Crippen molar-refractivity contribution >= 4 is 28.7 Å². The second kappa shape index (κ2) is 6.99. The Hall–Kier alpha value is -2.78. The lowest BCUT2D eigenvalue weighted by atomic mass is 9.91. The summed E-state index contributed by atoms with van der Waals surface area (Å²) in [7, 11) is 0. The second-order valence-electron chi connectivity index (χ2n) is 6.03. The molecule has 3 aromatic carbocycles. The van der Waals surface area contributed by atoms with Gasteiger partial charge in [-0.1, -0.05) is 54.1 Å². The van der Waals surface area contributed by atoms with E-state index >= 15 is 0 Å². The van der Waals surface area contributed by atoms with Gasteiger partial charge in [-0.2, -0.15) is 5.10 Å². The van der Waals surface area contributed by atoms with Gasteiger partial charge in [0, 0.05) is 28.9 Å². The number of rotatable bonds is 4. The molecule has 0 saturated heterocycles. The summed E-state index contributed by atoms with van der Waals surface area (Å²) in [5.41, 5.74) is 8.68. The minimum absolute atomic E-state index is 0.241. The molecule has 3 aromatic rings. The van der Waals surface area contributed by atoms with Crippen LogP contribution in [0, 0.1) is 0 Å². The van der Waals surface area contributed by atoms with Crippen molar-refractivity contribution in [2.45, 2.75) is 5.92 Å². The summed E-state index contributed by atoms with van der Waals surface area (Å²) >= 11 is 6.00. The lowest BCUT2D eigenvalue weighted by molar-refractivity contribution is 0.763. The van der Waals surface area contributed by atoms with Crippen molar-refractivity contribution in [1.29, 1.82) is 0 Å². The standard InChI is InChI=1S/C21H18ClN3/c22-17-10-6-15(7-11-17)20-14-23-25-21(20)16-8-12-19(13-9-16)24-18-4-2-1-3-5-18/h1-13,20,23-24H,14H2. The third-order valence-corrected chi connectivity index (χ3v) is 4.59. The molecule has 2 N–H and O–H groups in total. The topological polar surface area (TPSA) is 36.4 Å². The van der Waals surface area contributed by atoms with Gasteiger partial charge in [0.1, 0.15) is 0 Å². The molecule has 1 aliphatic heterocycles. The van der Waals surface area contributed by atoms with Crippen molar-refractivity contribution in [2.24, 2.45) is 5.10 Å². The Morgan fingerprint density at radius 1 is 0.840 bits per heavy atom. The highest BCUT2D eigenvalue weighted by atomic mass is 35.5. The first kappa shape index (κ1) is 15.7. The monoisotopic (exact) mass is 347 g/mol. The summed E-state index contributed by atoms with van der Waals surface area (Å²) in [6.45, 7) is 0.807. The molecule has 4 rings (SSSR count). The van der Waals surface area contributed by atoms with Gasteiger partial charge in [-0.05, 0) is 47.5 Å². The molecule has 1 atom stereocenters. The smallest absolute Gasteiger partial charge is 0.0768 e. The lowest BCUT2D eigenvalue weighted by Crippen LogP contribution is -2.14. The molecular weight excluding hydrogens is 330 g/mol. The van der Waals surface area contributed by atoms with Gasteiger partial charge in [-0.3, -0.25) is 0 Å². The number of para-hydroxylation sites is 1. The van der Waals surface area contributed by atoms with Crippen LogP contribution in [0.4, 0.5) is 11.4 Å². The second-order valence-corrected chi connectivity index (χ2v) is 6.47. The van der Waals surface area contributed by atoms with E-state index in [9.17, 15) is 0 Å². The summed E-state index contributed by atoms with van der Waals surface area (Å²) in [6, 6.07) is 26.5. The van der Waals surface area contributed by atoms with E-state index < -0.39 is 0 Å². The van der Waals surface area contributed by atoms with Crippen molar-refractivity contribution < 1.29 is 0 Å². The number of hydrogen-bond donors (Lipinski definition) is 2. The zero-order valence-electron chi connectivity index (χ0n) is 13.6. The Labute approximate surface area is 152 Å². The molecule has 0 bridgehead atoms. The maximum absolute atomic E-state index is 6.00. The quantitative estimate of drug-likeness (QED) is 0.682. The summed E-state index contributed by atoms with van der Waals surface area (Å²) in [4.78, 5) is 0. The molecular formula is C21H18ClN3. The van der Waals surface area contributed by atoms with Gasteiger partial charge in [0.05, 0.1) is 5.71 Å². The Bertz CT molecular complexity index is 871. The molecule has 25 heavy (non-hydrogen) atoms. The fraction of sp³-hybridized carbons (Fsp3) is 0.0952. The van der Waals surface area contributed by atoms with Crippen LogP contribution in [0.2, 0.25) is 5.02 Å². The fourth-order valence-corrected chi connectivity index (χ4v) is 3.17. The third kappa shape index (κ3) is 3.52. The maximum Gasteiger partial charge on any atom is 0.0768 e. The Kier molecular flexibility index (Phi) is 4.40. The van der Waals surface area contributed by atoms with Crippen LogP contribution >= 0.6 is 11.6 Å².